The van der Waals surface area contributed by atoms with Crippen molar-refractivity contribution in [3.63, 3.8) is 0 Å². The molecule has 0 aliphatic carbocycles. The molecule has 0 aliphatic rings. The molecule has 0 spiro atoms. The monoisotopic (exact) mass is 297 g/mol. The number of β-amino-alcohol motifs (C(OH)–C–C–N with tert-alkyl or cyclic N) is 1. The molecule has 1 aromatic heterocycles. The van der Waals surface area contributed by atoms with Crippen molar-refractivity contribution in [3.8, 4) is 5.75 Å². The summed E-state index contributed by atoms with van der Waals surface area (Å²) in [6.07, 6.45) is -0.580. The molecule has 6 heteroatoms. The molecule has 17 heavy (non-hydrogen) atoms. The Morgan fingerprint density at radius 3 is 2.59 bits per heavy atom. The SMILES string of the molecule is CC(C)(C)NCC(O)COc1csc(Cl)c1Cl. The van der Waals surface area contributed by atoms with Gasteiger partial charge in [0.1, 0.15) is 27.8 Å². The van der Waals surface area contributed by atoms with Gasteiger partial charge in [-0.25, -0.2) is 0 Å². The highest BCUT2D eigenvalue weighted by atomic mass is 35.5. The first-order valence-electron chi connectivity index (χ1n) is 5.28. The quantitative estimate of drug-likeness (QED) is 0.877. The van der Waals surface area contributed by atoms with Crippen LogP contribution in [0.1, 0.15) is 20.8 Å². The van der Waals surface area contributed by atoms with Gasteiger partial charge in [-0.3, -0.25) is 0 Å². The van der Waals surface area contributed by atoms with Gasteiger partial charge >= 0.3 is 0 Å². The summed E-state index contributed by atoms with van der Waals surface area (Å²) in [6.45, 7) is 6.77. The maximum Gasteiger partial charge on any atom is 0.150 e. The summed E-state index contributed by atoms with van der Waals surface area (Å²) in [4.78, 5) is 0. The van der Waals surface area contributed by atoms with Gasteiger partial charge in [0.25, 0.3) is 0 Å². The van der Waals surface area contributed by atoms with Gasteiger partial charge < -0.3 is 15.2 Å². The van der Waals surface area contributed by atoms with Gasteiger partial charge in [0.15, 0.2) is 0 Å². The van der Waals surface area contributed by atoms with E-state index in [1.165, 1.54) is 11.3 Å². The number of hydrogen-bond donors (Lipinski definition) is 2. The van der Waals surface area contributed by atoms with E-state index in [0.29, 0.717) is 21.7 Å². The molecule has 0 bridgehead atoms. The largest absolute Gasteiger partial charge is 0.488 e. The lowest BCUT2D eigenvalue weighted by Gasteiger charge is -2.22. The smallest absolute Gasteiger partial charge is 0.150 e. The van der Waals surface area contributed by atoms with E-state index in [9.17, 15) is 5.11 Å². The number of nitrogens with one attached hydrogen (secondary N) is 1. The maximum absolute atomic E-state index is 9.71. The topological polar surface area (TPSA) is 41.5 Å². The van der Waals surface area contributed by atoms with E-state index in [2.05, 4.69) is 5.32 Å². The fourth-order valence-corrected chi connectivity index (χ4v) is 2.21. The lowest BCUT2D eigenvalue weighted by molar-refractivity contribution is 0.100. The molecule has 98 valence electrons. The van der Waals surface area contributed by atoms with Crippen molar-refractivity contribution in [1.29, 1.82) is 0 Å². The van der Waals surface area contributed by atoms with Gasteiger partial charge in [-0.15, -0.1) is 11.3 Å². The van der Waals surface area contributed by atoms with E-state index >= 15 is 0 Å². The van der Waals surface area contributed by atoms with E-state index in [1.807, 2.05) is 20.8 Å². The first-order chi connectivity index (χ1) is 7.79. The van der Waals surface area contributed by atoms with Gasteiger partial charge in [0, 0.05) is 17.5 Å². The normalized spacial score (nSPS) is 13.8. The van der Waals surface area contributed by atoms with Gasteiger partial charge in [-0.1, -0.05) is 23.2 Å². The molecule has 0 amide bonds. The van der Waals surface area contributed by atoms with Crippen LogP contribution >= 0.6 is 34.5 Å². The highest BCUT2D eigenvalue weighted by Gasteiger charge is 2.14. The van der Waals surface area contributed by atoms with Crippen LogP contribution in [0.3, 0.4) is 0 Å². The van der Waals surface area contributed by atoms with E-state index in [4.69, 9.17) is 27.9 Å². The summed E-state index contributed by atoms with van der Waals surface area (Å²) < 4.78 is 5.89. The third kappa shape index (κ3) is 5.44. The predicted molar refractivity (Wildman–Crippen MR) is 73.6 cm³/mol. The fourth-order valence-electron chi connectivity index (χ4n) is 1.07. The van der Waals surface area contributed by atoms with Crippen LogP contribution in [-0.4, -0.2) is 29.9 Å². The maximum atomic E-state index is 9.71. The zero-order valence-corrected chi connectivity index (χ0v) is 12.4. The van der Waals surface area contributed by atoms with Crippen LogP contribution in [0.5, 0.6) is 5.75 Å². The molecular formula is C11H17Cl2NO2S. The molecule has 0 radical (unpaired) electrons. The predicted octanol–water partition coefficient (Wildman–Crippen LogP) is 3.18. The Kier molecular flexibility index (Phi) is 5.54. The number of aliphatic hydroxyl groups excluding tert-OH is 1. The summed E-state index contributed by atoms with van der Waals surface area (Å²) in [5.74, 6) is 0.525. The van der Waals surface area contributed by atoms with Crippen molar-refractivity contribution in [2.75, 3.05) is 13.2 Å². The van der Waals surface area contributed by atoms with Crippen LogP contribution in [0.2, 0.25) is 9.36 Å². The molecule has 1 aromatic rings. The van der Waals surface area contributed by atoms with Crippen LogP contribution in [0, 0.1) is 0 Å². The second kappa shape index (κ2) is 6.25. The molecule has 0 fully saturated rings. The minimum Gasteiger partial charge on any atom is -0.488 e. The Hall–Kier alpha value is -0.000000000000000111. The molecule has 0 saturated heterocycles. The zero-order valence-electron chi connectivity index (χ0n) is 10.1. The average molecular weight is 298 g/mol. The number of ether oxygens (including phenoxy) is 1. The van der Waals surface area contributed by atoms with E-state index in [0.717, 1.165) is 0 Å². The number of rotatable bonds is 5. The third-order valence-electron chi connectivity index (χ3n) is 1.96. The van der Waals surface area contributed by atoms with Crippen molar-refractivity contribution in [3.05, 3.63) is 14.7 Å². The van der Waals surface area contributed by atoms with Crippen LogP contribution in [0.25, 0.3) is 0 Å². The van der Waals surface area contributed by atoms with Gasteiger partial charge in [-0.2, -0.15) is 0 Å². The van der Waals surface area contributed by atoms with Crippen molar-refractivity contribution >= 4 is 34.5 Å². The average Bonchev–Trinajstić information content (AvgIpc) is 2.53. The highest BCUT2D eigenvalue weighted by molar-refractivity contribution is 7.15. The summed E-state index contributed by atoms with van der Waals surface area (Å²) in [5, 5.41) is 15.0. The number of aliphatic hydroxyl groups is 1. The van der Waals surface area contributed by atoms with E-state index in [1.54, 1.807) is 5.38 Å². The Balaban J connectivity index is 2.33. The van der Waals surface area contributed by atoms with Gasteiger partial charge in [-0.05, 0) is 20.8 Å². The van der Waals surface area contributed by atoms with Crippen LogP contribution in [-0.2, 0) is 0 Å². The number of halogens is 2. The first kappa shape index (κ1) is 15.1. The van der Waals surface area contributed by atoms with Crippen LogP contribution in [0.15, 0.2) is 5.38 Å². The summed E-state index contributed by atoms with van der Waals surface area (Å²) in [6, 6.07) is 0. The van der Waals surface area contributed by atoms with Crippen molar-refractivity contribution in [1.82, 2.24) is 5.32 Å². The second-order valence-corrected chi connectivity index (χ2v) is 6.64. The molecule has 2 N–H and O–H groups in total. The Morgan fingerprint density at radius 2 is 2.12 bits per heavy atom. The van der Waals surface area contributed by atoms with Gasteiger partial charge in [0.05, 0.1) is 0 Å². The molecule has 1 atom stereocenters. The molecular weight excluding hydrogens is 281 g/mol. The van der Waals surface area contributed by atoms with Gasteiger partial charge in [0.2, 0.25) is 0 Å². The van der Waals surface area contributed by atoms with E-state index < -0.39 is 6.10 Å². The minimum atomic E-state index is -0.580. The van der Waals surface area contributed by atoms with Crippen LogP contribution < -0.4 is 10.1 Å². The molecule has 0 aliphatic heterocycles. The summed E-state index contributed by atoms with van der Waals surface area (Å²) in [7, 11) is 0. The van der Waals surface area contributed by atoms with Crippen molar-refractivity contribution in [2.45, 2.75) is 32.4 Å². The summed E-state index contributed by atoms with van der Waals surface area (Å²) in [5.41, 5.74) is -0.0235. The zero-order chi connectivity index (χ0) is 13.1. The molecule has 0 saturated carbocycles. The minimum absolute atomic E-state index is 0.0235. The molecule has 0 aromatic carbocycles. The standard InChI is InChI=1S/C11H17Cl2NO2S/c1-11(2,3)14-4-7(15)5-16-8-6-17-10(13)9(8)12/h6-7,14-15H,4-5H2,1-3H3. The lowest BCUT2D eigenvalue weighted by atomic mass is 10.1. The highest BCUT2D eigenvalue weighted by Crippen LogP contribution is 2.37. The van der Waals surface area contributed by atoms with E-state index in [-0.39, 0.29) is 12.1 Å². The Morgan fingerprint density at radius 1 is 1.47 bits per heavy atom. The Bertz CT molecular complexity index is 363. The Labute approximate surface area is 116 Å². The molecule has 1 heterocycles. The number of hydrogen-bond acceptors (Lipinski definition) is 4. The fraction of sp³-hybridized carbons (Fsp3) is 0.636. The summed E-state index contributed by atoms with van der Waals surface area (Å²) >= 11 is 13.0. The molecule has 1 unspecified atom stereocenters. The second-order valence-electron chi connectivity index (χ2n) is 4.78. The van der Waals surface area contributed by atoms with Crippen LogP contribution in [0.4, 0.5) is 0 Å². The molecule has 3 nitrogen and oxygen atoms in total. The van der Waals surface area contributed by atoms with Crippen molar-refractivity contribution in [2.24, 2.45) is 0 Å². The lowest BCUT2D eigenvalue weighted by Crippen LogP contribution is -2.42. The molecule has 1 rings (SSSR count). The first-order valence-corrected chi connectivity index (χ1v) is 6.91. The number of thiophene rings is 1. The third-order valence-corrected chi connectivity index (χ3v) is 3.74. The van der Waals surface area contributed by atoms with Crippen molar-refractivity contribution < 1.29 is 9.84 Å².